The van der Waals surface area contributed by atoms with Crippen LogP contribution in [0, 0.1) is 20.8 Å². The number of aromatic amines is 1. The summed E-state index contributed by atoms with van der Waals surface area (Å²) < 4.78 is 1.10. The van der Waals surface area contributed by atoms with Gasteiger partial charge in [-0.2, -0.15) is 5.10 Å². The number of rotatable bonds is 4. The molecule has 7 nitrogen and oxygen atoms in total. The number of aryl methyl sites for hydroxylation is 3. The molecule has 3 aromatic carbocycles. The molecule has 4 aromatic rings. The summed E-state index contributed by atoms with van der Waals surface area (Å²) >= 11 is 0. The molecule has 3 N–H and O–H groups in total. The van der Waals surface area contributed by atoms with E-state index < -0.39 is 17.1 Å². The lowest BCUT2D eigenvalue weighted by molar-refractivity contribution is 0.429. The van der Waals surface area contributed by atoms with Crippen molar-refractivity contribution in [3.8, 4) is 11.6 Å². The van der Waals surface area contributed by atoms with E-state index in [0.717, 1.165) is 37.7 Å². The summed E-state index contributed by atoms with van der Waals surface area (Å²) in [6.45, 7) is 5.65. The van der Waals surface area contributed by atoms with Crippen LogP contribution in [0.4, 0.5) is 5.69 Å². The van der Waals surface area contributed by atoms with Crippen LogP contribution < -0.4 is 16.7 Å². The van der Waals surface area contributed by atoms with Gasteiger partial charge in [-0.05, 0) is 43.4 Å². The summed E-state index contributed by atoms with van der Waals surface area (Å²) in [7, 11) is 0. The second-order valence-corrected chi connectivity index (χ2v) is 7.48. The molecule has 1 heterocycles. The van der Waals surface area contributed by atoms with Gasteiger partial charge in [-0.15, -0.1) is 0 Å². The van der Waals surface area contributed by atoms with Gasteiger partial charge < -0.3 is 5.11 Å². The molecule has 0 aliphatic carbocycles. The second-order valence-electron chi connectivity index (χ2n) is 7.48. The van der Waals surface area contributed by atoms with Crippen molar-refractivity contribution in [1.82, 2.24) is 9.55 Å². The highest BCUT2D eigenvalue weighted by molar-refractivity contribution is 5.94. The molecule has 4 rings (SSSR count). The molecule has 0 saturated heterocycles. The Morgan fingerprint density at radius 1 is 1.00 bits per heavy atom. The van der Waals surface area contributed by atoms with Crippen LogP contribution in [0.2, 0.25) is 0 Å². The van der Waals surface area contributed by atoms with Gasteiger partial charge in [0.05, 0.1) is 17.6 Å². The number of benzene rings is 3. The lowest BCUT2D eigenvalue weighted by Gasteiger charge is -2.15. The zero-order valence-electron chi connectivity index (χ0n) is 17.4. The molecule has 156 valence electrons. The second kappa shape index (κ2) is 7.95. The topological polar surface area (TPSA) is 99.5 Å². The van der Waals surface area contributed by atoms with Crippen molar-refractivity contribution in [3.63, 3.8) is 0 Å². The lowest BCUT2D eigenvalue weighted by Crippen LogP contribution is -2.32. The Kier molecular flexibility index (Phi) is 5.17. The van der Waals surface area contributed by atoms with Crippen molar-refractivity contribution in [2.45, 2.75) is 20.8 Å². The molecule has 0 unspecified atom stereocenters. The fourth-order valence-corrected chi connectivity index (χ4v) is 3.88. The van der Waals surface area contributed by atoms with Crippen LogP contribution in [-0.4, -0.2) is 20.9 Å². The van der Waals surface area contributed by atoms with E-state index in [1.165, 1.54) is 6.21 Å². The van der Waals surface area contributed by atoms with Gasteiger partial charge in [0.25, 0.3) is 5.56 Å². The van der Waals surface area contributed by atoms with Gasteiger partial charge in [0, 0.05) is 5.39 Å². The molecule has 1 aromatic heterocycles. The maximum absolute atomic E-state index is 12.5. The average molecular weight is 414 g/mol. The normalized spacial score (nSPS) is 11.3. The van der Waals surface area contributed by atoms with Crippen LogP contribution in [-0.2, 0) is 0 Å². The molecule has 0 amide bonds. The first-order chi connectivity index (χ1) is 14.9. The van der Waals surface area contributed by atoms with E-state index in [-0.39, 0.29) is 5.56 Å². The number of fused-ring (bicyclic) bond motifs is 1. The molecular weight excluding hydrogens is 392 g/mol. The summed E-state index contributed by atoms with van der Waals surface area (Å²) in [4.78, 5) is 27.2. The van der Waals surface area contributed by atoms with Crippen molar-refractivity contribution >= 4 is 22.7 Å². The third-order valence-corrected chi connectivity index (χ3v) is 5.15. The summed E-state index contributed by atoms with van der Waals surface area (Å²) in [6, 6.07) is 17.4. The van der Waals surface area contributed by atoms with E-state index in [2.05, 4.69) is 15.5 Å². The quantitative estimate of drug-likeness (QED) is 0.350. The van der Waals surface area contributed by atoms with E-state index in [1.54, 1.807) is 0 Å². The number of hydrazone groups is 1. The Balaban J connectivity index is 1.77. The summed E-state index contributed by atoms with van der Waals surface area (Å²) in [5, 5.41) is 17.0. The number of aromatic hydroxyl groups is 1. The predicted molar refractivity (Wildman–Crippen MR) is 124 cm³/mol. The highest BCUT2D eigenvalue weighted by atomic mass is 16.3. The minimum Gasteiger partial charge on any atom is -0.493 e. The standard InChI is InChI=1S/C24H22N4O3/c1-14-11-15(2)21(16(3)12-14)28-23(30)19(22(29)26-24(28)31)13-25-27-20-10-6-8-17-7-4-5-9-18(17)20/h4-13,27,30H,1-3H3,(H,26,29,31). The monoisotopic (exact) mass is 414 g/mol. The van der Waals surface area contributed by atoms with Crippen molar-refractivity contribution in [3.05, 3.63) is 97.7 Å². The maximum atomic E-state index is 12.5. The molecule has 0 aliphatic rings. The van der Waals surface area contributed by atoms with E-state index in [0.29, 0.717) is 5.69 Å². The number of hydrogen-bond donors (Lipinski definition) is 3. The Labute approximate surface area is 178 Å². The average Bonchev–Trinajstić information content (AvgIpc) is 2.72. The summed E-state index contributed by atoms with van der Waals surface area (Å²) in [5.74, 6) is -0.465. The smallest absolute Gasteiger partial charge is 0.335 e. The first-order valence-electron chi connectivity index (χ1n) is 9.80. The molecule has 0 bridgehead atoms. The molecular formula is C24H22N4O3. The van der Waals surface area contributed by atoms with Crippen molar-refractivity contribution in [2.75, 3.05) is 5.43 Å². The maximum Gasteiger partial charge on any atom is 0.335 e. The first-order valence-corrected chi connectivity index (χ1v) is 9.80. The number of aromatic nitrogens is 2. The lowest BCUT2D eigenvalue weighted by atomic mass is 10.0. The Bertz CT molecular complexity index is 1420. The van der Waals surface area contributed by atoms with Gasteiger partial charge in [-0.3, -0.25) is 15.2 Å². The minimum atomic E-state index is -0.718. The van der Waals surface area contributed by atoms with Gasteiger partial charge in [-0.25, -0.2) is 9.36 Å². The highest BCUT2D eigenvalue weighted by Crippen LogP contribution is 2.25. The van der Waals surface area contributed by atoms with Gasteiger partial charge in [0.15, 0.2) is 0 Å². The van der Waals surface area contributed by atoms with Crippen molar-refractivity contribution in [2.24, 2.45) is 5.10 Å². The predicted octanol–water partition coefficient (Wildman–Crippen LogP) is 3.76. The largest absolute Gasteiger partial charge is 0.493 e. The number of hydrogen-bond acceptors (Lipinski definition) is 5. The fourth-order valence-electron chi connectivity index (χ4n) is 3.88. The van der Waals surface area contributed by atoms with Gasteiger partial charge >= 0.3 is 5.69 Å². The number of nitrogens with zero attached hydrogens (tertiary/aromatic N) is 2. The third kappa shape index (κ3) is 3.73. The van der Waals surface area contributed by atoms with Crippen LogP contribution in [0.15, 0.2) is 69.3 Å². The summed E-state index contributed by atoms with van der Waals surface area (Å²) in [6.07, 6.45) is 1.21. The van der Waals surface area contributed by atoms with Crippen LogP contribution >= 0.6 is 0 Å². The van der Waals surface area contributed by atoms with E-state index >= 15 is 0 Å². The van der Waals surface area contributed by atoms with E-state index in [9.17, 15) is 14.7 Å². The van der Waals surface area contributed by atoms with Crippen LogP contribution in [0.25, 0.3) is 16.5 Å². The van der Waals surface area contributed by atoms with Gasteiger partial charge in [0.2, 0.25) is 5.88 Å². The SMILES string of the molecule is Cc1cc(C)c(-n2c(O)c(C=NNc3cccc4ccccc34)c(=O)[nH]c2=O)c(C)c1. The summed E-state index contributed by atoms with van der Waals surface area (Å²) in [5.41, 5.74) is 5.29. The minimum absolute atomic E-state index is 0.119. The highest BCUT2D eigenvalue weighted by Gasteiger charge is 2.17. The Morgan fingerprint density at radius 3 is 2.42 bits per heavy atom. The zero-order chi connectivity index (χ0) is 22.1. The molecule has 7 heteroatoms. The molecule has 0 fully saturated rings. The number of anilines is 1. The zero-order valence-corrected chi connectivity index (χ0v) is 17.4. The first kappa shape index (κ1) is 20.2. The number of nitrogens with one attached hydrogen (secondary N) is 2. The third-order valence-electron chi connectivity index (χ3n) is 5.15. The van der Waals surface area contributed by atoms with Crippen LogP contribution in [0.3, 0.4) is 0 Å². The Morgan fingerprint density at radius 2 is 1.68 bits per heavy atom. The Hall–Kier alpha value is -4.13. The molecule has 0 spiro atoms. The fraction of sp³-hybridized carbons (Fsp3) is 0.125. The van der Waals surface area contributed by atoms with Gasteiger partial charge in [0.1, 0.15) is 5.56 Å². The van der Waals surface area contributed by atoms with Crippen molar-refractivity contribution in [1.29, 1.82) is 0 Å². The van der Waals surface area contributed by atoms with E-state index in [4.69, 9.17) is 0 Å². The van der Waals surface area contributed by atoms with Crippen molar-refractivity contribution < 1.29 is 5.11 Å². The molecule has 0 aliphatic heterocycles. The van der Waals surface area contributed by atoms with Gasteiger partial charge in [-0.1, -0.05) is 54.1 Å². The van der Waals surface area contributed by atoms with Crippen LogP contribution in [0.1, 0.15) is 22.3 Å². The van der Waals surface area contributed by atoms with E-state index in [1.807, 2.05) is 75.4 Å². The number of H-pyrrole nitrogens is 1. The molecule has 31 heavy (non-hydrogen) atoms. The molecule has 0 atom stereocenters. The molecule has 0 saturated carbocycles. The molecule has 0 radical (unpaired) electrons. The van der Waals surface area contributed by atoms with Crippen LogP contribution in [0.5, 0.6) is 5.88 Å².